The highest BCUT2D eigenvalue weighted by atomic mass is 14.7. The normalized spacial score (nSPS) is 51.7. The van der Waals surface area contributed by atoms with Gasteiger partial charge in [-0.25, -0.2) is 0 Å². The molecule has 1 aromatic rings. The minimum Gasteiger partial charge on any atom is -0.0474 e. The lowest BCUT2D eigenvalue weighted by Crippen LogP contribution is -2.57. The lowest BCUT2D eigenvalue weighted by Gasteiger charge is -2.64. The van der Waals surface area contributed by atoms with Crippen molar-refractivity contribution in [3.8, 4) is 0 Å². The van der Waals surface area contributed by atoms with Gasteiger partial charge in [-0.3, -0.25) is 0 Å². The molecule has 0 heterocycles. The molecule has 0 N–H and O–H groups in total. The van der Waals surface area contributed by atoms with Crippen LogP contribution in [-0.2, 0) is 0 Å². The molecule has 142 valence electrons. The molecule has 8 bridgehead atoms. The quantitative estimate of drug-likeness (QED) is 0.508. The van der Waals surface area contributed by atoms with Gasteiger partial charge in [0.1, 0.15) is 5.56 Å². The third-order valence-electron chi connectivity index (χ3n) is 10.2. The largest absolute Gasteiger partial charge is 0.133 e. The number of benzene rings is 1. The first-order valence-corrected chi connectivity index (χ1v) is 12.1. The lowest BCUT2D eigenvalue weighted by atomic mass is 9.37. The van der Waals surface area contributed by atoms with Crippen molar-refractivity contribution in [3.05, 3.63) is 41.8 Å². The van der Waals surface area contributed by atoms with Crippen LogP contribution >= 0.6 is 0 Å². The topological polar surface area (TPSA) is 0 Å². The van der Waals surface area contributed by atoms with Gasteiger partial charge in [-0.15, -0.1) is 0 Å². The molecule has 0 saturated heterocycles. The second-order valence-corrected chi connectivity index (χ2v) is 12.1. The Morgan fingerprint density at radius 2 is 0.852 bits per heavy atom. The van der Waals surface area contributed by atoms with Crippen molar-refractivity contribution in [2.24, 2.45) is 46.3 Å². The molecule has 8 aliphatic carbocycles. The highest BCUT2D eigenvalue weighted by molar-refractivity contribution is 5.42. The van der Waals surface area contributed by atoms with Crippen molar-refractivity contribution in [2.45, 2.75) is 77.0 Å². The molecule has 27 heavy (non-hydrogen) atoms. The van der Waals surface area contributed by atoms with Crippen molar-refractivity contribution in [1.82, 2.24) is 0 Å². The minimum atomic E-state index is 0.585. The Kier molecular flexibility index (Phi) is 3.17. The van der Waals surface area contributed by atoms with Crippen molar-refractivity contribution >= 4 is 0 Å². The van der Waals surface area contributed by atoms with Gasteiger partial charge in [0, 0.05) is 28.9 Å². The van der Waals surface area contributed by atoms with Crippen molar-refractivity contribution in [3.63, 3.8) is 0 Å². The number of hydrogen-bond acceptors (Lipinski definition) is 0. The van der Waals surface area contributed by atoms with E-state index in [0.717, 1.165) is 35.5 Å². The summed E-state index contributed by atoms with van der Waals surface area (Å²) in [5.41, 5.74) is 2.84. The van der Waals surface area contributed by atoms with E-state index in [-0.39, 0.29) is 0 Å². The molecule has 8 saturated carbocycles. The molecule has 0 aromatic heterocycles. The van der Waals surface area contributed by atoms with E-state index in [0.29, 0.717) is 10.8 Å². The summed E-state index contributed by atoms with van der Waals surface area (Å²) < 4.78 is 0. The van der Waals surface area contributed by atoms with Crippen molar-refractivity contribution in [1.29, 1.82) is 0 Å². The van der Waals surface area contributed by atoms with Gasteiger partial charge in [-0.1, -0.05) is 0 Å². The van der Waals surface area contributed by atoms with E-state index >= 15 is 0 Å². The van der Waals surface area contributed by atoms with E-state index in [2.05, 4.69) is 30.3 Å². The number of hydrogen-bond donors (Lipinski definition) is 0. The molecular formula is C27H35+. The third kappa shape index (κ3) is 2.25. The first kappa shape index (κ1) is 15.9. The molecule has 0 spiro atoms. The second-order valence-electron chi connectivity index (χ2n) is 12.1. The molecule has 0 amide bonds. The summed E-state index contributed by atoms with van der Waals surface area (Å²) in [6.45, 7) is 0. The van der Waals surface area contributed by atoms with Gasteiger partial charge < -0.3 is 0 Å². The molecule has 0 unspecified atom stereocenters. The molecule has 8 aliphatic rings. The first-order valence-electron chi connectivity index (χ1n) is 12.1. The molecule has 0 aliphatic heterocycles. The minimum absolute atomic E-state index is 0.585. The Morgan fingerprint density at radius 1 is 0.519 bits per heavy atom. The lowest BCUT2D eigenvalue weighted by molar-refractivity contribution is -0.0988. The molecule has 1 aromatic carbocycles. The fraction of sp³-hybridized carbons (Fsp3) is 0.741. The molecule has 8 fully saturated rings. The average Bonchev–Trinajstić information content (AvgIpc) is 2.60. The monoisotopic (exact) mass is 359 g/mol. The zero-order valence-electron chi connectivity index (χ0n) is 16.8. The fourth-order valence-electron chi connectivity index (χ4n) is 10.6. The van der Waals surface area contributed by atoms with E-state index in [1.165, 1.54) is 0 Å². The van der Waals surface area contributed by atoms with Crippen LogP contribution in [0.3, 0.4) is 0 Å². The van der Waals surface area contributed by atoms with Crippen LogP contribution in [0.2, 0.25) is 0 Å². The van der Waals surface area contributed by atoms with Crippen LogP contribution in [0.1, 0.15) is 82.6 Å². The average molecular weight is 360 g/mol. The predicted octanol–water partition coefficient (Wildman–Crippen LogP) is 7.04. The smallest absolute Gasteiger partial charge is 0.0474 e. The van der Waals surface area contributed by atoms with E-state index in [4.69, 9.17) is 0 Å². The van der Waals surface area contributed by atoms with E-state index in [1.54, 1.807) is 82.6 Å². The second kappa shape index (κ2) is 5.37. The van der Waals surface area contributed by atoms with Crippen molar-refractivity contribution < 1.29 is 0 Å². The van der Waals surface area contributed by atoms with Gasteiger partial charge in [-0.05, 0) is 131 Å². The van der Waals surface area contributed by atoms with Crippen LogP contribution in [0.15, 0.2) is 30.3 Å². The molecule has 0 radical (unpaired) electrons. The Balaban J connectivity index is 1.37. The summed E-state index contributed by atoms with van der Waals surface area (Å²) >= 11 is 0. The molecule has 0 atom stereocenters. The van der Waals surface area contributed by atoms with Crippen LogP contribution in [0, 0.1) is 52.3 Å². The van der Waals surface area contributed by atoms with Crippen LogP contribution in [0.5, 0.6) is 0 Å². The van der Waals surface area contributed by atoms with E-state index in [9.17, 15) is 0 Å². The fourth-order valence-corrected chi connectivity index (χ4v) is 10.6. The summed E-state index contributed by atoms with van der Waals surface area (Å²) in [7, 11) is 0. The van der Waals surface area contributed by atoms with E-state index < -0.39 is 0 Å². The SMILES string of the molecule is c1ccc([C+](C23CC4CC(CC(C4)C2)C3)C23CC4CC(CC(C4)C2)C3)cc1. The van der Waals surface area contributed by atoms with Gasteiger partial charge >= 0.3 is 0 Å². The Hall–Kier alpha value is -0.910. The highest BCUT2D eigenvalue weighted by Crippen LogP contribution is 2.73. The highest BCUT2D eigenvalue weighted by Gasteiger charge is 2.66. The zero-order chi connectivity index (χ0) is 17.6. The molecular weight excluding hydrogens is 324 g/mol. The first-order chi connectivity index (χ1) is 13.2. The molecule has 0 heteroatoms. The summed E-state index contributed by atoms with van der Waals surface area (Å²) in [5, 5.41) is 0. The maximum atomic E-state index is 2.51. The Morgan fingerprint density at radius 3 is 1.19 bits per heavy atom. The summed E-state index contributed by atoms with van der Waals surface area (Å²) in [6, 6.07) is 11.9. The van der Waals surface area contributed by atoms with Crippen LogP contribution in [0.4, 0.5) is 0 Å². The molecule has 0 nitrogen and oxygen atoms in total. The van der Waals surface area contributed by atoms with Gasteiger partial charge in [0.05, 0.1) is 0 Å². The summed E-state index contributed by atoms with van der Waals surface area (Å²) in [6.07, 6.45) is 18.7. The Bertz CT molecular complexity index is 613. The maximum absolute atomic E-state index is 2.51. The van der Waals surface area contributed by atoms with Crippen LogP contribution in [0.25, 0.3) is 0 Å². The Labute approximate surface area is 165 Å². The third-order valence-corrected chi connectivity index (χ3v) is 10.2. The standard InChI is InChI=1S/C27H35/c1-2-4-24(5-3-1)25(26-12-18-6-19(13-26)8-20(7-18)14-26)27-15-21-9-22(16-27)11-23(10-21)17-27/h1-5,18-23H,6-17H2/q+1. The summed E-state index contributed by atoms with van der Waals surface area (Å²) in [4.78, 5) is 0. The maximum Gasteiger partial charge on any atom is 0.133 e. The van der Waals surface area contributed by atoms with Gasteiger partial charge in [-0.2, -0.15) is 0 Å². The zero-order valence-corrected chi connectivity index (χ0v) is 16.8. The molecule has 9 rings (SSSR count). The van der Waals surface area contributed by atoms with Gasteiger partial charge in [0.25, 0.3) is 0 Å². The summed E-state index contributed by atoms with van der Waals surface area (Å²) in [5.74, 6) is 8.38. The van der Waals surface area contributed by atoms with Crippen LogP contribution < -0.4 is 0 Å². The van der Waals surface area contributed by atoms with Crippen molar-refractivity contribution in [2.75, 3.05) is 0 Å². The van der Waals surface area contributed by atoms with Gasteiger partial charge in [0.15, 0.2) is 0 Å². The van der Waals surface area contributed by atoms with Gasteiger partial charge in [0.2, 0.25) is 0 Å². The predicted molar refractivity (Wildman–Crippen MR) is 110 cm³/mol. The number of rotatable bonds is 3. The van der Waals surface area contributed by atoms with Crippen LogP contribution in [-0.4, -0.2) is 0 Å². The van der Waals surface area contributed by atoms with E-state index in [1.807, 2.05) is 5.92 Å².